The Labute approximate surface area is 156 Å². The number of benzene rings is 1. The molecular formula is C18H21ClN4O3. The molecule has 1 fully saturated rings. The summed E-state index contributed by atoms with van der Waals surface area (Å²) in [6.45, 7) is 0. The van der Waals surface area contributed by atoms with Crippen LogP contribution in [0.3, 0.4) is 0 Å². The van der Waals surface area contributed by atoms with Crippen molar-refractivity contribution in [3.05, 3.63) is 41.2 Å². The summed E-state index contributed by atoms with van der Waals surface area (Å²) in [5.74, 6) is 1.11. The largest absolute Gasteiger partial charge is 0.494 e. The van der Waals surface area contributed by atoms with Crippen molar-refractivity contribution in [2.75, 3.05) is 12.8 Å². The minimum Gasteiger partial charge on any atom is -0.494 e. The van der Waals surface area contributed by atoms with Gasteiger partial charge < -0.3 is 20.5 Å². The van der Waals surface area contributed by atoms with E-state index in [-0.39, 0.29) is 28.9 Å². The molecule has 1 heterocycles. The SMILES string of the molecule is COc1cc(OC2CCC(NC(=O)c3ccc(Cl)nn3)CC2)ccc1N. The normalized spacial score (nSPS) is 19.6. The lowest BCUT2D eigenvalue weighted by molar-refractivity contribution is 0.0888. The van der Waals surface area contributed by atoms with Crippen molar-refractivity contribution in [1.82, 2.24) is 15.5 Å². The van der Waals surface area contributed by atoms with Gasteiger partial charge in [-0.1, -0.05) is 11.6 Å². The summed E-state index contributed by atoms with van der Waals surface area (Å²) < 4.78 is 11.2. The van der Waals surface area contributed by atoms with E-state index < -0.39 is 0 Å². The van der Waals surface area contributed by atoms with Gasteiger partial charge in [0.25, 0.3) is 5.91 Å². The number of methoxy groups -OCH3 is 1. The second-order valence-electron chi connectivity index (χ2n) is 6.21. The van der Waals surface area contributed by atoms with E-state index >= 15 is 0 Å². The average Bonchev–Trinajstić information content (AvgIpc) is 2.65. The summed E-state index contributed by atoms with van der Waals surface area (Å²) in [7, 11) is 1.58. The summed E-state index contributed by atoms with van der Waals surface area (Å²) in [6, 6.07) is 8.62. The zero-order valence-corrected chi connectivity index (χ0v) is 15.2. The van der Waals surface area contributed by atoms with Crippen LogP contribution in [0.15, 0.2) is 30.3 Å². The number of anilines is 1. The van der Waals surface area contributed by atoms with Crippen LogP contribution in [0.2, 0.25) is 5.15 Å². The minimum absolute atomic E-state index is 0.0979. The Morgan fingerprint density at radius 2 is 1.96 bits per heavy atom. The molecule has 3 N–H and O–H groups in total. The van der Waals surface area contributed by atoms with E-state index in [4.69, 9.17) is 26.8 Å². The van der Waals surface area contributed by atoms with Crippen LogP contribution >= 0.6 is 11.6 Å². The number of carbonyl (C=O) groups excluding carboxylic acids is 1. The molecule has 7 nitrogen and oxygen atoms in total. The van der Waals surface area contributed by atoms with E-state index in [2.05, 4.69) is 15.5 Å². The fraction of sp³-hybridized carbons (Fsp3) is 0.389. The van der Waals surface area contributed by atoms with Gasteiger partial charge in [-0.25, -0.2) is 0 Å². The number of rotatable bonds is 5. The summed E-state index contributed by atoms with van der Waals surface area (Å²) in [4.78, 5) is 12.2. The van der Waals surface area contributed by atoms with Crippen LogP contribution < -0.4 is 20.5 Å². The smallest absolute Gasteiger partial charge is 0.272 e. The van der Waals surface area contributed by atoms with E-state index in [1.165, 1.54) is 0 Å². The van der Waals surface area contributed by atoms with Crippen LogP contribution in [0.25, 0.3) is 0 Å². The van der Waals surface area contributed by atoms with Crippen LogP contribution in [0.1, 0.15) is 36.2 Å². The first-order chi connectivity index (χ1) is 12.5. The molecule has 138 valence electrons. The average molecular weight is 377 g/mol. The highest BCUT2D eigenvalue weighted by Crippen LogP contribution is 2.29. The number of nitrogens with one attached hydrogen (secondary N) is 1. The summed E-state index contributed by atoms with van der Waals surface area (Å²) in [6.07, 6.45) is 3.48. The Morgan fingerprint density at radius 3 is 2.62 bits per heavy atom. The summed E-state index contributed by atoms with van der Waals surface area (Å²) in [5.41, 5.74) is 6.66. The lowest BCUT2D eigenvalue weighted by atomic mass is 9.93. The number of nitrogens with zero attached hydrogens (tertiary/aromatic N) is 2. The molecule has 8 heteroatoms. The standard InChI is InChI=1S/C18H21ClN4O3/c1-25-16-10-13(6-7-14(16)20)26-12-4-2-11(3-5-12)21-18(24)15-8-9-17(19)23-22-15/h6-12H,2-5,20H2,1H3,(H,21,24). The monoisotopic (exact) mass is 376 g/mol. The maximum atomic E-state index is 12.2. The molecule has 0 spiro atoms. The highest BCUT2D eigenvalue weighted by molar-refractivity contribution is 6.29. The molecule has 1 aromatic carbocycles. The van der Waals surface area contributed by atoms with Crippen LogP contribution in [0.4, 0.5) is 5.69 Å². The first-order valence-electron chi connectivity index (χ1n) is 8.45. The van der Waals surface area contributed by atoms with Crippen molar-refractivity contribution in [3.8, 4) is 11.5 Å². The molecule has 0 saturated heterocycles. The van der Waals surface area contributed by atoms with Gasteiger partial charge in [0.1, 0.15) is 11.5 Å². The number of carbonyl (C=O) groups is 1. The molecule has 0 radical (unpaired) electrons. The third-order valence-corrected chi connectivity index (χ3v) is 4.58. The summed E-state index contributed by atoms with van der Waals surface area (Å²) >= 11 is 5.68. The molecule has 0 bridgehead atoms. The highest BCUT2D eigenvalue weighted by atomic mass is 35.5. The number of aromatic nitrogens is 2. The molecule has 0 aliphatic heterocycles. The van der Waals surface area contributed by atoms with Crippen molar-refractivity contribution >= 4 is 23.2 Å². The van der Waals surface area contributed by atoms with Crippen molar-refractivity contribution in [2.24, 2.45) is 0 Å². The molecule has 1 aliphatic rings. The third kappa shape index (κ3) is 4.54. The van der Waals surface area contributed by atoms with Crippen LogP contribution in [0, 0.1) is 0 Å². The maximum Gasteiger partial charge on any atom is 0.272 e. The van der Waals surface area contributed by atoms with Gasteiger partial charge in [0, 0.05) is 12.1 Å². The topological polar surface area (TPSA) is 99.4 Å². The molecule has 3 rings (SSSR count). The van der Waals surface area contributed by atoms with Gasteiger partial charge in [-0.3, -0.25) is 4.79 Å². The first kappa shape index (κ1) is 18.3. The van der Waals surface area contributed by atoms with Gasteiger partial charge in [-0.15, -0.1) is 10.2 Å². The lowest BCUT2D eigenvalue weighted by Gasteiger charge is -2.29. The van der Waals surface area contributed by atoms with Crippen molar-refractivity contribution < 1.29 is 14.3 Å². The second kappa shape index (κ2) is 8.23. The Kier molecular flexibility index (Phi) is 5.78. The van der Waals surface area contributed by atoms with Crippen molar-refractivity contribution in [2.45, 2.75) is 37.8 Å². The maximum absolute atomic E-state index is 12.2. The fourth-order valence-electron chi connectivity index (χ4n) is 2.98. The molecule has 0 atom stereocenters. The molecule has 1 saturated carbocycles. The number of nitrogens with two attached hydrogens (primary N) is 1. The number of hydrogen-bond donors (Lipinski definition) is 2. The van der Waals surface area contributed by atoms with Crippen LogP contribution in [-0.2, 0) is 0 Å². The highest BCUT2D eigenvalue weighted by Gasteiger charge is 2.24. The van der Waals surface area contributed by atoms with Gasteiger partial charge in [0.2, 0.25) is 0 Å². The third-order valence-electron chi connectivity index (χ3n) is 4.38. The van der Waals surface area contributed by atoms with Crippen molar-refractivity contribution in [1.29, 1.82) is 0 Å². The number of nitrogen functional groups attached to an aromatic ring is 1. The van der Waals surface area contributed by atoms with E-state index in [0.29, 0.717) is 11.4 Å². The lowest BCUT2D eigenvalue weighted by Crippen LogP contribution is -2.40. The quantitative estimate of drug-likeness (QED) is 0.778. The van der Waals surface area contributed by atoms with Gasteiger partial charge in [-0.2, -0.15) is 0 Å². The number of hydrogen-bond acceptors (Lipinski definition) is 6. The molecule has 2 aromatic rings. The van der Waals surface area contributed by atoms with Gasteiger partial charge in [-0.05, 0) is 49.9 Å². The fourth-order valence-corrected chi connectivity index (χ4v) is 3.08. The molecule has 1 aromatic heterocycles. The van der Waals surface area contributed by atoms with E-state index in [1.807, 2.05) is 6.07 Å². The van der Waals surface area contributed by atoms with Gasteiger partial charge in [0.15, 0.2) is 10.8 Å². The Balaban J connectivity index is 1.49. The van der Waals surface area contributed by atoms with Crippen LogP contribution in [0.5, 0.6) is 11.5 Å². The van der Waals surface area contributed by atoms with Gasteiger partial charge >= 0.3 is 0 Å². The molecular weight excluding hydrogens is 356 g/mol. The van der Waals surface area contributed by atoms with E-state index in [1.54, 1.807) is 31.4 Å². The summed E-state index contributed by atoms with van der Waals surface area (Å²) in [5, 5.41) is 10.7. The minimum atomic E-state index is -0.234. The molecule has 1 amide bonds. The van der Waals surface area contributed by atoms with Crippen LogP contribution in [-0.4, -0.2) is 35.4 Å². The van der Waals surface area contributed by atoms with E-state index in [9.17, 15) is 4.79 Å². The molecule has 0 unspecified atom stereocenters. The predicted octanol–water partition coefficient (Wildman–Crippen LogP) is 2.84. The zero-order chi connectivity index (χ0) is 18.5. The Bertz CT molecular complexity index is 762. The Hall–Kier alpha value is -2.54. The number of halogens is 1. The van der Waals surface area contributed by atoms with Crippen molar-refractivity contribution in [3.63, 3.8) is 0 Å². The predicted molar refractivity (Wildman–Crippen MR) is 98.6 cm³/mol. The van der Waals surface area contributed by atoms with Gasteiger partial charge in [0.05, 0.1) is 18.9 Å². The second-order valence-corrected chi connectivity index (χ2v) is 6.60. The molecule has 1 aliphatic carbocycles. The first-order valence-corrected chi connectivity index (χ1v) is 8.83. The number of amides is 1. The zero-order valence-electron chi connectivity index (χ0n) is 14.4. The van der Waals surface area contributed by atoms with E-state index in [0.717, 1.165) is 31.4 Å². The Morgan fingerprint density at radius 1 is 1.19 bits per heavy atom. The number of ether oxygens (including phenoxy) is 2. The molecule has 26 heavy (non-hydrogen) atoms.